The Morgan fingerprint density at radius 1 is 0.361 bits per heavy atom. The summed E-state index contributed by atoms with van der Waals surface area (Å²) in [5.74, 6) is -0.586. The molecule has 292 valence electrons. The van der Waals surface area contributed by atoms with E-state index in [2.05, 4.69) is 139 Å². The second kappa shape index (κ2) is 14.1. The Morgan fingerprint density at radius 3 is 1.36 bits per heavy atom. The number of fused-ring (bicyclic) bond motifs is 8. The van der Waals surface area contributed by atoms with Crippen LogP contribution >= 0.6 is 0 Å². The van der Waals surface area contributed by atoms with Crippen molar-refractivity contribution in [3.05, 3.63) is 199 Å². The summed E-state index contributed by atoms with van der Waals surface area (Å²) in [5, 5.41) is 12.4. The van der Waals surface area contributed by atoms with Crippen LogP contribution in [-0.4, -0.2) is 6.36 Å². The Morgan fingerprint density at radius 2 is 0.803 bits per heavy atom. The maximum absolute atomic E-state index is 15.1. The normalized spacial score (nSPS) is 12.0. The fourth-order valence-electron chi connectivity index (χ4n) is 9.32. The molecule has 0 bridgehead atoms. The Bertz CT molecular complexity index is 3550. The van der Waals surface area contributed by atoms with E-state index in [-0.39, 0.29) is 11.6 Å². The third-order valence-corrected chi connectivity index (χ3v) is 12.1. The first-order valence-corrected chi connectivity index (χ1v) is 20.2. The molecule has 0 fully saturated rings. The smallest absolute Gasteiger partial charge is 0.406 e. The van der Waals surface area contributed by atoms with Gasteiger partial charge in [-0.15, -0.1) is 13.2 Å². The molecule has 0 aliphatic rings. The van der Waals surface area contributed by atoms with Gasteiger partial charge in [-0.1, -0.05) is 145 Å². The molecule has 1 nitrogen and oxygen atoms in total. The quantitative estimate of drug-likeness (QED) is 0.0957. The summed E-state index contributed by atoms with van der Waals surface area (Å²) in [6.07, 6.45) is -4.79. The van der Waals surface area contributed by atoms with E-state index < -0.39 is 6.36 Å². The summed E-state index contributed by atoms with van der Waals surface area (Å²) in [4.78, 5) is 0. The van der Waals surface area contributed by atoms with Crippen LogP contribution in [0.3, 0.4) is 0 Å². The zero-order valence-electron chi connectivity index (χ0n) is 32.8. The fourth-order valence-corrected chi connectivity index (χ4v) is 9.32. The van der Waals surface area contributed by atoms with Crippen LogP contribution in [0.5, 0.6) is 5.75 Å². The Balaban J connectivity index is 1.31. The largest absolute Gasteiger partial charge is 0.573 e. The predicted octanol–water partition coefficient (Wildman–Crippen LogP) is 16.6. The minimum absolute atomic E-state index is 0.280. The lowest BCUT2D eigenvalue weighted by Gasteiger charge is -2.22. The van der Waals surface area contributed by atoms with Crippen LogP contribution in [0.1, 0.15) is 5.56 Å². The van der Waals surface area contributed by atoms with Crippen LogP contribution in [0.25, 0.3) is 109 Å². The van der Waals surface area contributed by atoms with Crippen LogP contribution in [0.2, 0.25) is 0 Å². The highest BCUT2D eigenvalue weighted by Gasteiger charge is 2.31. The molecule has 0 N–H and O–H groups in total. The van der Waals surface area contributed by atoms with Crippen molar-refractivity contribution in [1.29, 1.82) is 0 Å². The molecule has 0 saturated carbocycles. The molecular weight excluding hydrogens is 765 g/mol. The van der Waals surface area contributed by atoms with Gasteiger partial charge in [-0.2, -0.15) is 0 Å². The molecule has 0 unspecified atom stereocenters. The molecule has 61 heavy (non-hydrogen) atoms. The lowest BCUT2D eigenvalue weighted by molar-refractivity contribution is -0.274. The standard InChI is InChI=1S/C56H34F4O/c1-33-14-16-34(17-15-33)36-20-25-48-53(29-36)55(51-32-39-28-40(57)22-27-43(39)45-11-5-7-13-47(45)51)49-26-21-37(35-18-23-41(24-19-35)61-56(58,59)60)30-52(49)54(48)50-31-38-8-2-3-9-42(38)44-10-4-6-12-46(44)50/h2-32H,1H3. The zero-order chi connectivity index (χ0) is 41.4. The third-order valence-electron chi connectivity index (χ3n) is 12.1. The molecule has 5 heteroatoms. The molecule has 0 radical (unpaired) electrons. The lowest BCUT2D eigenvalue weighted by Crippen LogP contribution is -2.16. The summed E-state index contributed by atoms with van der Waals surface area (Å²) >= 11 is 0. The van der Waals surface area contributed by atoms with E-state index in [0.717, 1.165) is 109 Å². The number of hydrogen-bond acceptors (Lipinski definition) is 1. The van der Waals surface area contributed by atoms with Gasteiger partial charge < -0.3 is 4.74 Å². The van der Waals surface area contributed by atoms with Gasteiger partial charge in [-0.05, 0) is 165 Å². The van der Waals surface area contributed by atoms with Gasteiger partial charge in [-0.3, -0.25) is 0 Å². The molecule has 0 aliphatic carbocycles. The predicted molar refractivity (Wildman–Crippen MR) is 245 cm³/mol. The number of benzene rings is 11. The van der Waals surface area contributed by atoms with E-state index in [1.54, 1.807) is 18.2 Å². The zero-order valence-corrected chi connectivity index (χ0v) is 32.8. The highest BCUT2D eigenvalue weighted by atomic mass is 19.4. The molecule has 0 saturated heterocycles. The number of alkyl halides is 3. The van der Waals surface area contributed by atoms with Gasteiger partial charge in [0.25, 0.3) is 0 Å². The molecule has 11 aromatic rings. The first-order valence-electron chi connectivity index (χ1n) is 20.2. The van der Waals surface area contributed by atoms with Gasteiger partial charge in [0.15, 0.2) is 0 Å². The fraction of sp³-hybridized carbons (Fsp3) is 0.0357. The van der Waals surface area contributed by atoms with Crippen molar-refractivity contribution in [2.75, 3.05) is 0 Å². The van der Waals surface area contributed by atoms with Crippen molar-refractivity contribution in [1.82, 2.24) is 0 Å². The number of ether oxygens (including phenoxy) is 1. The highest BCUT2D eigenvalue weighted by molar-refractivity contribution is 6.29. The van der Waals surface area contributed by atoms with Gasteiger partial charge in [0.2, 0.25) is 0 Å². The maximum atomic E-state index is 15.1. The molecule has 0 atom stereocenters. The minimum Gasteiger partial charge on any atom is -0.406 e. The van der Waals surface area contributed by atoms with Crippen LogP contribution in [0.15, 0.2) is 188 Å². The van der Waals surface area contributed by atoms with Gasteiger partial charge in [0.05, 0.1) is 0 Å². The summed E-state index contributed by atoms with van der Waals surface area (Å²) < 4.78 is 58.8. The van der Waals surface area contributed by atoms with E-state index in [9.17, 15) is 13.2 Å². The lowest BCUT2D eigenvalue weighted by atomic mass is 9.81. The van der Waals surface area contributed by atoms with Gasteiger partial charge in [0.1, 0.15) is 11.6 Å². The van der Waals surface area contributed by atoms with Crippen molar-refractivity contribution in [2.45, 2.75) is 13.3 Å². The topological polar surface area (TPSA) is 9.23 Å². The average Bonchev–Trinajstić information content (AvgIpc) is 3.27. The number of halogens is 4. The van der Waals surface area contributed by atoms with E-state index in [0.29, 0.717) is 0 Å². The van der Waals surface area contributed by atoms with Gasteiger partial charge >= 0.3 is 6.36 Å². The van der Waals surface area contributed by atoms with E-state index in [1.807, 2.05) is 24.3 Å². The van der Waals surface area contributed by atoms with E-state index >= 15 is 4.39 Å². The molecular formula is C56H34F4O. The average molecular weight is 799 g/mol. The van der Waals surface area contributed by atoms with E-state index in [4.69, 9.17) is 0 Å². The Hall–Kier alpha value is -7.50. The van der Waals surface area contributed by atoms with Crippen molar-refractivity contribution >= 4 is 64.6 Å². The van der Waals surface area contributed by atoms with Gasteiger partial charge in [0, 0.05) is 0 Å². The molecule has 0 spiro atoms. The number of aryl methyl sites for hydroxylation is 1. The highest BCUT2D eigenvalue weighted by Crippen LogP contribution is 2.50. The summed E-state index contributed by atoms with van der Waals surface area (Å²) in [6.45, 7) is 2.08. The monoisotopic (exact) mass is 798 g/mol. The second-order valence-electron chi connectivity index (χ2n) is 15.7. The minimum atomic E-state index is -4.79. The van der Waals surface area contributed by atoms with Crippen molar-refractivity contribution in [3.63, 3.8) is 0 Å². The van der Waals surface area contributed by atoms with Crippen molar-refractivity contribution in [3.8, 4) is 50.3 Å². The molecule has 11 aromatic carbocycles. The van der Waals surface area contributed by atoms with E-state index in [1.165, 1.54) is 23.8 Å². The van der Waals surface area contributed by atoms with Crippen molar-refractivity contribution in [2.24, 2.45) is 0 Å². The van der Waals surface area contributed by atoms with Crippen LogP contribution in [-0.2, 0) is 0 Å². The van der Waals surface area contributed by atoms with Crippen LogP contribution in [0, 0.1) is 12.7 Å². The summed E-state index contributed by atoms with van der Waals surface area (Å²) in [6, 6.07) is 62.2. The first kappa shape index (κ1) is 36.6. The second-order valence-corrected chi connectivity index (χ2v) is 15.7. The molecule has 11 rings (SSSR count). The third kappa shape index (κ3) is 6.32. The Labute approximate surface area is 348 Å². The number of rotatable bonds is 5. The Kier molecular flexibility index (Phi) is 8.43. The summed E-state index contributed by atoms with van der Waals surface area (Å²) in [5.41, 5.74) is 9.01. The number of hydrogen-bond donors (Lipinski definition) is 0. The van der Waals surface area contributed by atoms with Crippen LogP contribution < -0.4 is 4.74 Å². The van der Waals surface area contributed by atoms with Crippen LogP contribution in [0.4, 0.5) is 17.6 Å². The maximum Gasteiger partial charge on any atom is 0.573 e. The van der Waals surface area contributed by atoms with Gasteiger partial charge in [-0.25, -0.2) is 4.39 Å². The molecule has 0 aliphatic heterocycles. The summed E-state index contributed by atoms with van der Waals surface area (Å²) in [7, 11) is 0. The van der Waals surface area contributed by atoms with Crippen molar-refractivity contribution < 1.29 is 22.3 Å². The SMILES string of the molecule is Cc1ccc(-c2ccc3c(-c4cc5ccccc5c5ccccc45)c4cc(-c5ccc(OC(F)(F)F)cc5)ccc4c(-c4cc5cc(F)ccc5c5ccccc45)c3c2)cc1. The molecule has 0 heterocycles. The first-order chi connectivity index (χ1) is 29.7. The molecule has 0 aromatic heterocycles. The molecule has 0 amide bonds.